The third-order valence-electron chi connectivity index (χ3n) is 4.06. The van der Waals surface area contributed by atoms with E-state index in [-0.39, 0.29) is 11.9 Å². The zero-order chi connectivity index (χ0) is 14.9. The summed E-state index contributed by atoms with van der Waals surface area (Å²) in [5.41, 5.74) is 1.57. The van der Waals surface area contributed by atoms with Crippen molar-refractivity contribution in [3.8, 4) is 0 Å². The first-order chi connectivity index (χ1) is 10.1. The number of carbonyl (C=O) groups excluding carboxylic acids is 1. The van der Waals surface area contributed by atoms with Gasteiger partial charge in [0.05, 0.1) is 17.2 Å². The molecule has 0 saturated heterocycles. The lowest BCUT2D eigenvalue weighted by molar-refractivity contribution is -0.124. The molecule has 1 aliphatic rings. The lowest BCUT2D eigenvalue weighted by Gasteiger charge is -2.19. The van der Waals surface area contributed by atoms with E-state index in [2.05, 4.69) is 26.2 Å². The molecule has 1 N–H and O–H groups in total. The number of nitrogens with zero attached hydrogens (tertiary/aromatic N) is 1. The molecule has 0 aliphatic heterocycles. The summed E-state index contributed by atoms with van der Waals surface area (Å²) in [5.74, 6) is 0.0802. The Kier molecular flexibility index (Phi) is 3.81. The fourth-order valence-electron chi connectivity index (χ4n) is 2.54. The number of halogens is 1. The van der Waals surface area contributed by atoms with Crippen molar-refractivity contribution in [2.75, 3.05) is 0 Å². The van der Waals surface area contributed by atoms with Crippen LogP contribution in [0.1, 0.15) is 37.1 Å². The minimum absolute atomic E-state index is 0.00760. The van der Waals surface area contributed by atoms with Crippen molar-refractivity contribution in [3.63, 3.8) is 0 Å². The van der Waals surface area contributed by atoms with Gasteiger partial charge in [-0.3, -0.25) is 9.78 Å². The first-order valence-corrected chi connectivity index (χ1v) is 7.89. The molecule has 3 rings (SSSR count). The van der Waals surface area contributed by atoms with E-state index >= 15 is 0 Å². The van der Waals surface area contributed by atoms with E-state index in [1.807, 2.05) is 49.4 Å². The summed E-state index contributed by atoms with van der Waals surface area (Å²) < 4.78 is 1.04. The minimum Gasteiger partial charge on any atom is -0.349 e. The minimum atomic E-state index is -0.412. The number of rotatable bonds is 4. The third-order valence-corrected chi connectivity index (χ3v) is 4.59. The lowest BCUT2D eigenvalue weighted by Crippen LogP contribution is -2.36. The molecule has 21 heavy (non-hydrogen) atoms. The smallest absolute Gasteiger partial charge is 0.232 e. The average Bonchev–Trinajstić information content (AvgIpc) is 3.30. The molecule has 108 valence electrons. The maximum atomic E-state index is 12.6. The first kappa shape index (κ1) is 14.3. The second-order valence-electron chi connectivity index (χ2n) is 5.54. The zero-order valence-corrected chi connectivity index (χ0v) is 13.4. The summed E-state index contributed by atoms with van der Waals surface area (Å²) in [4.78, 5) is 17.0. The van der Waals surface area contributed by atoms with Crippen molar-refractivity contribution in [3.05, 3.63) is 64.4 Å². The maximum absolute atomic E-state index is 12.6. The van der Waals surface area contributed by atoms with Crippen LogP contribution in [0.25, 0.3) is 0 Å². The predicted molar refractivity (Wildman–Crippen MR) is 85.8 cm³/mol. The van der Waals surface area contributed by atoms with Gasteiger partial charge in [0.1, 0.15) is 0 Å². The van der Waals surface area contributed by atoms with Crippen LogP contribution in [-0.4, -0.2) is 10.9 Å². The highest BCUT2D eigenvalue weighted by molar-refractivity contribution is 9.10. The second-order valence-corrected chi connectivity index (χ2v) is 6.46. The Balaban J connectivity index is 1.73. The quantitative estimate of drug-likeness (QED) is 0.917. The Labute approximate surface area is 132 Å². The molecule has 1 fully saturated rings. The van der Waals surface area contributed by atoms with Gasteiger partial charge >= 0.3 is 0 Å². The largest absolute Gasteiger partial charge is 0.349 e. The Morgan fingerprint density at radius 2 is 1.95 bits per heavy atom. The zero-order valence-electron chi connectivity index (χ0n) is 11.8. The first-order valence-electron chi connectivity index (χ1n) is 7.10. The number of amides is 1. The predicted octanol–water partition coefficient (Wildman–Crippen LogP) is 3.75. The Hall–Kier alpha value is -1.68. The van der Waals surface area contributed by atoms with Gasteiger partial charge in [-0.05, 0) is 49.6 Å². The Bertz CT molecular complexity index is 636. The van der Waals surface area contributed by atoms with E-state index in [1.54, 1.807) is 6.20 Å². The van der Waals surface area contributed by atoms with E-state index in [0.29, 0.717) is 0 Å². The van der Waals surface area contributed by atoms with Crippen LogP contribution in [0, 0.1) is 0 Å². The number of pyridine rings is 1. The van der Waals surface area contributed by atoms with E-state index in [4.69, 9.17) is 0 Å². The van der Waals surface area contributed by atoms with Crippen LogP contribution in [-0.2, 0) is 10.2 Å². The van der Waals surface area contributed by atoms with Gasteiger partial charge in [0.15, 0.2) is 0 Å². The molecule has 1 unspecified atom stereocenters. The van der Waals surface area contributed by atoms with Gasteiger partial charge < -0.3 is 5.32 Å². The summed E-state index contributed by atoms with van der Waals surface area (Å²) in [6.45, 7) is 2.01. The van der Waals surface area contributed by atoms with Crippen molar-refractivity contribution >= 4 is 21.8 Å². The normalized spacial score (nSPS) is 17.0. The van der Waals surface area contributed by atoms with Crippen molar-refractivity contribution in [1.29, 1.82) is 0 Å². The van der Waals surface area contributed by atoms with Gasteiger partial charge in [-0.25, -0.2) is 0 Å². The molecule has 1 saturated carbocycles. The lowest BCUT2D eigenvalue weighted by atomic mass is 9.99. The molecule has 0 bridgehead atoms. The molecule has 1 aliphatic carbocycles. The second kappa shape index (κ2) is 5.60. The van der Waals surface area contributed by atoms with Gasteiger partial charge in [-0.1, -0.05) is 34.1 Å². The Morgan fingerprint density at radius 1 is 1.24 bits per heavy atom. The number of nitrogens with one attached hydrogen (secondary N) is 1. The molecule has 0 radical (unpaired) electrons. The van der Waals surface area contributed by atoms with Gasteiger partial charge in [0.2, 0.25) is 5.91 Å². The SMILES string of the molecule is CC(NC(=O)C1(c2ccccn2)CC1)c1ccc(Br)cc1. The molecule has 1 heterocycles. The molecule has 1 aromatic carbocycles. The summed E-state index contributed by atoms with van der Waals surface area (Å²) in [5, 5.41) is 3.12. The maximum Gasteiger partial charge on any atom is 0.232 e. The topological polar surface area (TPSA) is 42.0 Å². The number of aromatic nitrogens is 1. The van der Waals surface area contributed by atoms with Crippen LogP contribution in [0.4, 0.5) is 0 Å². The number of hydrogen-bond acceptors (Lipinski definition) is 2. The van der Waals surface area contributed by atoms with Crippen LogP contribution in [0.3, 0.4) is 0 Å². The van der Waals surface area contributed by atoms with Crippen LogP contribution in [0.5, 0.6) is 0 Å². The van der Waals surface area contributed by atoms with Crippen molar-refractivity contribution in [2.45, 2.75) is 31.2 Å². The van der Waals surface area contributed by atoms with E-state index in [9.17, 15) is 4.79 Å². The van der Waals surface area contributed by atoms with Crippen LogP contribution < -0.4 is 5.32 Å². The molecule has 2 aromatic rings. The van der Waals surface area contributed by atoms with Gasteiger partial charge in [-0.2, -0.15) is 0 Å². The third kappa shape index (κ3) is 2.86. The van der Waals surface area contributed by atoms with Gasteiger partial charge in [-0.15, -0.1) is 0 Å². The molecule has 1 aromatic heterocycles. The van der Waals surface area contributed by atoms with E-state index in [0.717, 1.165) is 28.6 Å². The Morgan fingerprint density at radius 3 is 2.52 bits per heavy atom. The van der Waals surface area contributed by atoms with Crippen LogP contribution >= 0.6 is 15.9 Å². The molecule has 4 heteroatoms. The molecular weight excluding hydrogens is 328 g/mol. The molecule has 3 nitrogen and oxygen atoms in total. The van der Waals surface area contributed by atoms with E-state index in [1.165, 1.54) is 0 Å². The fourth-order valence-corrected chi connectivity index (χ4v) is 2.80. The van der Waals surface area contributed by atoms with Crippen LogP contribution in [0.2, 0.25) is 0 Å². The van der Waals surface area contributed by atoms with Crippen molar-refractivity contribution < 1.29 is 4.79 Å². The highest BCUT2D eigenvalue weighted by Gasteiger charge is 2.52. The van der Waals surface area contributed by atoms with Crippen LogP contribution in [0.15, 0.2) is 53.1 Å². The fraction of sp³-hybridized carbons (Fsp3) is 0.294. The monoisotopic (exact) mass is 344 g/mol. The molecule has 0 spiro atoms. The number of benzene rings is 1. The number of carbonyl (C=O) groups is 1. The highest BCUT2D eigenvalue weighted by atomic mass is 79.9. The average molecular weight is 345 g/mol. The van der Waals surface area contributed by atoms with E-state index < -0.39 is 5.41 Å². The summed E-state index contributed by atoms with van der Waals surface area (Å²) in [6.07, 6.45) is 3.51. The summed E-state index contributed by atoms with van der Waals surface area (Å²) in [7, 11) is 0. The van der Waals surface area contributed by atoms with Gasteiger partial charge in [0.25, 0.3) is 0 Å². The molecule has 1 atom stereocenters. The molecular formula is C17H17BrN2O. The summed E-state index contributed by atoms with van der Waals surface area (Å²) >= 11 is 3.42. The highest BCUT2D eigenvalue weighted by Crippen LogP contribution is 2.47. The summed E-state index contributed by atoms with van der Waals surface area (Å²) in [6, 6.07) is 13.8. The molecule has 1 amide bonds. The van der Waals surface area contributed by atoms with Crippen molar-refractivity contribution in [2.24, 2.45) is 0 Å². The van der Waals surface area contributed by atoms with Gasteiger partial charge in [0, 0.05) is 10.7 Å². The van der Waals surface area contributed by atoms with Crippen molar-refractivity contribution in [1.82, 2.24) is 10.3 Å². The number of hydrogen-bond donors (Lipinski definition) is 1. The standard InChI is InChI=1S/C17H17BrN2O/c1-12(13-5-7-14(18)8-6-13)20-16(21)17(9-10-17)15-4-2-3-11-19-15/h2-8,11-12H,9-10H2,1H3,(H,20,21).